The zero-order valence-corrected chi connectivity index (χ0v) is 16.9. The van der Waals surface area contributed by atoms with Gasteiger partial charge in [0.05, 0.1) is 12.1 Å². The maximum absolute atomic E-state index is 12.5. The number of hydrogen-bond acceptors (Lipinski definition) is 4. The van der Waals surface area contributed by atoms with E-state index in [0.29, 0.717) is 28.0 Å². The number of nitrogens with zero attached hydrogens (tertiary/aromatic N) is 1. The van der Waals surface area contributed by atoms with Gasteiger partial charge in [0, 0.05) is 33.5 Å². The minimum absolute atomic E-state index is 0.339. The number of nitrogens with one attached hydrogen (secondary N) is 2. The molecule has 0 bridgehead atoms. The van der Waals surface area contributed by atoms with E-state index in [0.717, 1.165) is 23.1 Å². The van der Waals surface area contributed by atoms with Crippen molar-refractivity contribution in [1.82, 2.24) is 10.2 Å². The van der Waals surface area contributed by atoms with Gasteiger partial charge in [0.2, 0.25) is 0 Å². The predicted molar refractivity (Wildman–Crippen MR) is 114 cm³/mol. The van der Waals surface area contributed by atoms with Gasteiger partial charge in [0.15, 0.2) is 5.82 Å². The number of fused-ring (bicyclic) bond motifs is 1. The molecule has 1 amide bonds. The molecule has 0 aliphatic carbocycles. The second-order valence-electron chi connectivity index (χ2n) is 6.12. The van der Waals surface area contributed by atoms with Crippen LogP contribution in [-0.2, 0) is 6.42 Å². The molecule has 0 saturated heterocycles. The van der Waals surface area contributed by atoms with Gasteiger partial charge in [-0.2, -0.15) is 16.4 Å². The van der Waals surface area contributed by atoms with Crippen LogP contribution in [0.2, 0.25) is 10.0 Å². The van der Waals surface area contributed by atoms with Crippen molar-refractivity contribution in [2.24, 2.45) is 0 Å². The van der Waals surface area contributed by atoms with Gasteiger partial charge in [-0.15, -0.1) is 0 Å². The summed E-state index contributed by atoms with van der Waals surface area (Å²) in [6.07, 6.45) is 0.855. The number of halogens is 2. The van der Waals surface area contributed by atoms with E-state index in [4.69, 9.17) is 27.9 Å². The Hall–Kier alpha value is -2.54. The van der Waals surface area contributed by atoms with Gasteiger partial charge in [-0.1, -0.05) is 23.2 Å². The summed E-state index contributed by atoms with van der Waals surface area (Å²) in [5, 5.41) is 15.6. The first-order valence-electron chi connectivity index (χ1n) is 8.48. The molecular weight excluding hydrogens is 417 g/mol. The highest BCUT2D eigenvalue weighted by Crippen LogP contribution is 2.26. The summed E-state index contributed by atoms with van der Waals surface area (Å²) in [7, 11) is 0. The largest absolute Gasteiger partial charge is 0.493 e. The summed E-state index contributed by atoms with van der Waals surface area (Å²) in [6.45, 7) is 0.593. The Kier molecular flexibility index (Phi) is 5.52. The fourth-order valence-electron chi connectivity index (χ4n) is 2.77. The van der Waals surface area contributed by atoms with E-state index in [1.165, 1.54) is 5.56 Å². The van der Waals surface area contributed by atoms with Gasteiger partial charge in [-0.05, 0) is 52.7 Å². The van der Waals surface area contributed by atoms with E-state index in [9.17, 15) is 4.79 Å². The van der Waals surface area contributed by atoms with Crippen LogP contribution in [0, 0.1) is 0 Å². The number of amides is 1. The molecule has 0 saturated carbocycles. The predicted octanol–water partition coefficient (Wildman–Crippen LogP) is 5.81. The van der Waals surface area contributed by atoms with Crippen molar-refractivity contribution in [3.63, 3.8) is 0 Å². The molecule has 142 valence electrons. The molecule has 0 atom stereocenters. The zero-order valence-electron chi connectivity index (χ0n) is 14.5. The lowest BCUT2D eigenvalue weighted by Gasteiger charge is -2.06. The van der Waals surface area contributed by atoms with Crippen molar-refractivity contribution < 1.29 is 9.53 Å². The Labute approximate surface area is 175 Å². The topological polar surface area (TPSA) is 67.0 Å². The SMILES string of the molecule is O=C(Nc1n[nH]c2cc(OCCc3ccsc3)ccc12)c1cc(Cl)cc(Cl)c1. The van der Waals surface area contributed by atoms with Crippen LogP contribution < -0.4 is 10.1 Å². The highest BCUT2D eigenvalue weighted by atomic mass is 35.5. The van der Waals surface area contributed by atoms with Gasteiger partial charge in [0.25, 0.3) is 5.91 Å². The molecule has 0 aliphatic rings. The number of aromatic amines is 1. The number of thiophene rings is 1. The Bertz CT molecular complexity index is 1110. The molecule has 0 radical (unpaired) electrons. The Balaban J connectivity index is 1.46. The second-order valence-corrected chi connectivity index (χ2v) is 7.77. The third kappa shape index (κ3) is 4.30. The molecule has 4 aromatic rings. The molecule has 5 nitrogen and oxygen atoms in total. The maximum atomic E-state index is 12.5. The summed E-state index contributed by atoms with van der Waals surface area (Å²) in [6, 6.07) is 12.4. The molecule has 2 heterocycles. The Morgan fingerprint density at radius 2 is 1.96 bits per heavy atom. The monoisotopic (exact) mass is 431 g/mol. The molecule has 4 rings (SSSR count). The summed E-state index contributed by atoms with van der Waals surface area (Å²) in [5.41, 5.74) is 2.40. The van der Waals surface area contributed by atoms with Crippen molar-refractivity contribution in [2.45, 2.75) is 6.42 Å². The highest BCUT2D eigenvalue weighted by molar-refractivity contribution is 7.07. The molecule has 0 unspecified atom stereocenters. The van der Waals surface area contributed by atoms with E-state index in [2.05, 4.69) is 32.3 Å². The number of rotatable bonds is 6. The number of anilines is 1. The van der Waals surface area contributed by atoms with E-state index in [-0.39, 0.29) is 5.91 Å². The van der Waals surface area contributed by atoms with Crippen molar-refractivity contribution in [2.75, 3.05) is 11.9 Å². The summed E-state index contributed by atoms with van der Waals surface area (Å²) in [4.78, 5) is 12.5. The molecule has 2 aromatic heterocycles. The zero-order chi connectivity index (χ0) is 19.5. The summed E-state index contributed by atoms with van der Waals surface area (Å²) in [5.74, 6) is 0.834. The average Bonchev–Trinajstić information content (AvgIpc) is 3.31. The molecular formula is C20H15Cl2N3O2S. The van der Waals surface area contributed by atoms with Gasteiger partial charge >= 0.3 is 0 Å². The fourth-order valence-corrected chi connectivity index (χ4v) is 4.00. The molecule has 2 N–H and O–H groups in total. The standard InChI is InChI=1S/C20H15Cl2N3O2S/c21-14-7-13(8-15(22)9-14)20(26)23-19-17-2-1-16(10-18(17)24-25-19)27-5-3-12-4-6-28-11-12/h1-2,4,6-11H,3,5H2,(H2,23,24,25,26). The van der Waals surface area contributed by atoms with Crippen LogP contribution in [0.1, 0.15) is 15.9 Å². The number of hydrogen-bond donors (Lipinski definition) is 2. The number of benzene rings is 2. The van der Waals surface area contributed by atoms with Gasteiger partial charge in [-0.3, -0.25) is 9.89 Å². The number of H-pyrrole nitrogens is 1. The first-order chi connectivity index (χ1) is 13.6. The number of aromatic nitrogens is 2. The number of carbonyl (C=O) groups is 1. The normalized spacial score (nSPS) is 10.9. The smallest absolute Gasteiger partial charge is 0.256 e. The Morgan fingerprint density at radius 3 is 2.71 bits per heavy atom. The van der Waals surface area contributed by atoms with Gasteiger partial charge in [0.1, 0.15) is 5.75 Å². The van der Waals surface area contributed by atoms with Crippen molar-refractivity contribution >= 4 is 57.2 Å². The third-order valence-corrected chi connectivity index (χ3v) is 5.30. The number of carbonyl (C=O) groups excluding carboxylic acids is 1. The molecule has 0 fully saturated rings. The van der Waals surface area contributed by atoms with Crippen LogP contribution in [0.3, 0.4) is 0 Å². The highest BCUT2D eigenvalue weighted by Gasteiger charge is 2.13. The summed E-state index contributed by atoms with van der Waals surface area (Å²) < 4.78 is 5.81. The minimum atomic E-state index is -0.339. The first kappa shape index (κ1) is 18.8. The maximum Gasteiger partial charge on any atom is 0.256 e. The van der Waals surface area contributed by atoms with Crippen LogP contribution in [0.5, 0.6) is 5.75 Å². The van der Waals surface area contributed by atoms with Crippen LogP contribution in [-0.4, -0.2) is 22.7 Å². The fraction of sp³-hybridized carbons (Fsp3) is 0.100. The molecule has 8 heteroatoms. The van der Waals surface area contributed by atoms with Crippen LogP contribution in [0.25, 0.3) is 10.9 Å². The van der Waals surface area contributed by atoms with Gasteiger partial charge < -0.3 is 10.1 Å². The van der Waals surface area contributed by atoms with Crippen LogP contribution in [0.4, 0.5) is 5.82 Å². The van der Waals surface area contributed by atoms with Gasteiger partial charge in [-0.25, -0.2) is 0 Å². The third-order valence-electron chi connectivity index (χ3n) is 4.13. The molecule has 0 aliphatic heterocycles. The number of ether oxygens (including phenoxy) is 1. The first-order valence-corrected chi connectivity index (χ1v) is 10.2. The second kappa shape index (κ2) is 8.22. The van der Waals surface area contributed by atoms with Crippen LogP contribution >= 0.6 is 34.5 Å². The van der Waals surface area contributed by atoms with E-state index in [1.807, 2.05) is 18.2 Å². The lowest BCUT2D eigenvalue weighted by atomic mass is 10.2. The Morgan fingerprint density at radius 1 is 1.14 bits per heavy atom. The summed E-state index contributed by atoms with van der Waals surface area (Å²) >= 11 is 13.6. The lowest BCUT2D eigenvalue weighted by molar-refractivity contribution is 0.102. The van der Waals surface area contributed by atoms with E-state index < -0.39 is 0 Å². The van der Waals surface area contributed by atoms with E-state index >= 15 is 0 Å². The molecule has 28 heavy (non-hydrogen) atoms. The van der Waals surface area contributed by atoms with E-state index in [1.54, 1.807) is 29.5 Å². The minimum Gasteiger partial charge on any atom is -0.493 e. The quantitative estimate of drug-likeness (QED) is 0.404. The average molecular weight is 432 g/mol. The lowest BCUT2D eigenvalue weighted by Crippen LogP contribution is -2.12. The molecule has 0 spiro atoms. The molecule has 2 aromatic carbocycles. The van der Waals surface area contributed by atoms with Crippen molar-refractivity contribution in [3.05, 3.63) is 74.4 Å². The van der Waals surface area contributed by atoms with Crippen molar-refractivity contribution in [1.29, 1.82) is 0 Å². The van der Waals surface area contributed by atoms with Crippen LogP contribution in [0.15, 0.2) is 53.2 Å². The van der Waals surface area contributed by atoms with Crippen molar-refractivity contribution in [3.8, 4) is 5.75 Å².